The second-order valence-corrected chi connectivity index (χ2v) is 4.49. The lowest BCUT2D eigenvalue weighted by Crippen LogP contribution is -2.20. The summed E-state index contributed by atoms with van der Waals surface area (Å²) in [5.74, 6) is 0.289. The molecule has 0 spiro atoms. The number of nitrogens with two attached hydrogens (primary N) is 1. The van der Waals surface area contributed by atoms with Crippen LogP contribution in [0.5, 0.6) is 0 Å². The fourth-order valence-electron chi connectivity index (χ4n) is 1.48. The van der Waals surface area contributed by atoms with Crippen LogP contribution in [0.25, 0.3) is 0 Å². The Morgan fingerprint density at radius 2 is 2.05 bits per heavy atom. The second-order valence-electron chi connectivity index (χ2n) is 4.14. The average Bonchev–Trinajstić information content (AvgIpc) is 2.41. The monoisotopic (exact) mass is 328 g/mol. The highest BCUT2D eigenvalue weighted by Crippen LogP contribution is 2.22. The molecule has 0 aliphatic carbocycles. The van der Waals surface area contributed by atoms with Crippen LogP contribution in [-0.4, -0.2) is 35.0 Å². The molecule has 0 unspecified atom stereocenters. The first-order chi connectivity index (χ1) is 9.49. The highest BCUT2D eigenvalue weighted by atomic mass is 35.5. The molecule has 112 valence electrons. The Bertz CT molecular complexity index is 635. The minimum Gasteiger partial charge on any atom is -0.382 e. The number of aromatic nitrogens is 3. The van der Waals surface area contributed by atoms with Gasteiger partial charge in [0, 0.05) is 20.3 Å². The van der Waals surface area contributed by atoms with Gasteiger partial charge in [0.25, 0.3) is 5.91 Å². The number of nitrogens with zero attached hydrogens (tertiary/aromatic N) is 4. The van der Waals surface area contributed by atoms with Crippen molar-refractivity contribution in [2.45, 2.75) is 0 Å². The average molecular weight is 329 g/mol. The first-order valence-electron chi connectivity index (χ1n) is 5.71. The van der Waals surface area contributed by atoms with Crippen molar-refractivity contribution in [2.24, 2.45) is 0 Å². The zero-order chi connectivity index (χ0) is 14.7. The quantitative estimate of drug-likeness (QED) is 0.892. The Labute approximate surface area is 133 Å². The molecule has 0 aliphatic heterocycles. The molecule has 1 amide bonds. The number of amides is 1. The van der Waals surface area contributed by atoms with E-state index in [0.717, 1.165) is 0 Å². The van der Waals surface area contributed by atoms with Crippen LogP contribution < -0.4 is 16.0 Å². The lowest BCUT2D eigenvalue weighted by atomic mass is 10.3. The predicted octanol–water partition coefficient (Wildman–Crippen LogP) is 1.85. The van der Waals surface area contributed by atoms with Crippen LogP contribution in [0.2, 0.25) is 5.15 Å². The molecule has 3 N–H and O–H groups in total. The van der Waals surface area contributed by atoms with Crippen LogP contribution in [0.4, 0.5) is 17.5 Å². The van der Waals surface area contributed by atoms with Gasteiger partial charge in [0.05, 0.1) is 0 Å². The van der Waals surface area contributed by atoms with Crippen molar-refractivity contribution < 1.29 is 4.79 Å². The van der Waals surface area contributed by atoms with Crippen LogP contribution in [0, 0.1) is 0 Å². The maximum Gasteiger partial charge on any atom is 0.279 e. The molecule has 0 radical (unpaired) electrons. The van der Waals surface area contributed by atoms with E-state index in [-0.39, 0.29) is 29.1 Å². The molecule has 2 heterocycles. The minimum absolute atomic E-state index is 0. The number of rotatable bonds is 3. The van der Waals surface area contributed by atoms with E-state index in [1.807, 2.05) is 0 Å². The molecule has 0 atom stereocenters. The Morgan fingerprint density at radius 3 is 2.62 bits per heavy atom. The van der Waals surface area contributed by atoms with Crippen LogP contribution in [0.3, 0.4) is 0 Å². The molecule has 0 saturated heterocycles. The fraction of sp³-hybridized carbons (Fsp3) is 0.167. The van der Waals surface area contributed by atoms with Gasteiger partial charge in [-0.05, 0) is 12.1 Å². The summed E-state index contributed by atoms with van der Waals surface area (Å²) in [7, 11) is 3.51. The van der Waals surface area contributed by atoms with Crippen LogP contribution >= 0.6 is 24.0 Å². The number of hydrogen-bond acceptors (Lipinski definition) is 6. The second kappa shape index (κ2) is 7.05. The van der Waals surface area contributed by atoms with Gasteiger partial charge >= 0.3 is 0 Å². The zero-order valence-corrected chi connectivity index (χ0v) is 12.9. The Kier molecular flexibility index (Phi) is 5.69. The summed E-state index contributed by atoms with van der Waals surface area (Å²) in [5.41, 5.74) is 5.71. The molecule has 0 saturated carbocycles. The molecule has 7 nitrogen and oxygen atoms in total. The standard InChI is InChI=1S/C12H13ClN6O.ClH/c1-19(2)11-9(13)17-8(10(14)18-11)12(20)16-7-5-3-4-6-15-7;/h3-6H,1-2H3,(H2,14,18)(H,15,16,20);1H. The number of nitrogen functional groups attached to an aromatic ring is 1. The zero-order valence-electron chi connectivity index (χ0n) is 11.4. The van der Waals surface area contributed by atoms with Crippen molar-refractivity contribution in [1.29, 1.82) is 0 Å². The van der Waals surface area contributed by atoms with Crippen LogP contribution in [0.15, 0.2) is 24.4 Å². The van der Waals surface area contributed by atoms with E-state index in [2.05, 4.69) is 20.3 Å². The fourth-order valence-corrected chi connectivity index (χ4v) is 1.78. The van der Waals surface area contributed by atoms with E-state index in [1.54, 1.807) is 43.4 Å². The van der Waals surface area contributed by atoms with E-state index in [4.69, 9.17) is 17.3 Å². The molecule has 2 rings (SSSR count). The minimum atomic E-state index is -0.513. The first-order valence-corrected chi connectivity index (χ1v) is 6.09. The molecule has 0 aromatic carbocycles. The molecule has 21 heavy (non-hydrogen) atoms. The van der Waals surface area contributed by atoms with Gasteiger partial charge in [-0.2, -0.15) is 0 Å². The Balaban J connectivity index is 0.00000220. The lowest BCUT2D eigenvalue weighted by Gasteiger charge is -2.14. The third-order valence-electron chi connectivity index (χ3n) is 2.41. The van der Waals surface area contributed by atoms with Crippen LogP contribution in [0.1, 0.15) is 10.5 Å². The van der Waals surface area contributed by atoms with Gasteiger partial charge in [0.15, 0.2) is 22.5 Å². The van der Waals surface area contributed by atoms with E-state index >= 15 is 0 Å². The number of carbonyl (C=O) groups excluding carboxylic acids is 1. The summed E-state index contributed by atoms with van der Waals surface area (Å²) in [5, 5.41) is 2.68. The number of halogens is 2. The van der Waals surface area contributed by atoms with Gasteiger partial charge in [-0.1, -0.05) is 17.7 Å². The molecule has 0 bridgehead atoms. The summed E-state index contributed by atoms with van der Waals surface area (Å²) in [4.78, 5) is 25.8. The van der Waals surface area contributed by atoms with E-state index in [9.17, 15) is 4.79 Å². The van der Waals surface area contributed by atoms with Crippen molar-refractivity contribution in [3.63, 3.8) is 0 Å². The van der Waals surface area contributed by atoms with Crippen molar-refractivity contribution in [3.05, 3.63) is 35.2 Å². The summed E-state index contributed by atoms with van der Waals surface area (Å²) >= 11 is 5.98. The smallest absolute Gasteiger partial charge is 0.279 e. The molecule has 2 aromatic heterocycles. The van der Waals surface area contributed by atoms with Gasteiger partial charge in [-0.15, -0.1) is 12.4 Å². The SMILES string of the molecule is CN(C)c1nc(N)c(C(=O)Nc2ccccn2)nc1Cl.Cl. The molecule has 0 aliphatic rings. The van der Waals surface area contributed by atoms with Crippen molar-refractivity contribution >= 4 is 47.4 Å². The van der Waals surface area contributed by atoms with Gasteiger partial charge in [0.1, 0.15) is 5.82 Å². The first kappa shape index (κ1) is 16.9. The number of pyridine rings is 1. The van der Waals surface area contributed by atoms with E-state index < -0.39 is 5.91 Å². The number of nitrogens with one attached hydrogen (secondary N) is 1. The van der Waals surface area contributed by atoms with Crippen molar-refractivity contribution in [3.8, 4) is 0 Å². The summed E-state index contributed by atoms with van der Waals surface area (Å²) < 4.78 is 0. The topological polar surface area (TPSA) is 97.0 Å². The summed E-state index contributed by atoms with van der Waals surface area (Å²) in [6.07, 6.45) is 1.56. The number of anilines is 3. The predicted molar refractivity (Wildman–Crippen MR) is 85.2 cm³/mol. The van der Waals surface area contributed by atoms with Crippen LogP contribution in [-0.2, 0) is 0 Å². The molecular formula is C12H14Cl2N6O. The highest BCUT2D eigenvalue weighted by Gasteiger charge is 2.18. The van der Waals surface area contributed by atoms with Gasteiger partial charge in [0.2, 0.25) is 0 Å². The third kappa shape index (κ3) is 3.93. The molecular weight excluding hydrogens is 315 g/mol. The van der Waals surface area contributed by atoms with E-state index in [1.165, 1.54) is 0 Å². The van der Waals surface area contributed by atoms with Gasteiger partial charge in [-0.25, -0.2) is 15.0 Å². The van der Waals surface area contributed by atoms with E-state index in [0.29, 0.717) is 11.6 Å². The Morgan fingerprint density at radius 1 is 1.33 bits per heavy atom. The maximum atomic E-state index is 12.1. The van der Waals surface area contributed by atoms with Gasteiger partial charge < -0.3 is 16.0 Å². The van der Waals surface area contributed by atoms with Gasteiger partial charge in [-0.3, -0.25) is 4.79 Å². The highest BCUT2D eigenvalue weighted by molar-refractivity contribution is 6.32. The summed E-state index contributed by atoms with van der Waals surface area (Å²) in [6.45, 7) is 0. The lowest BCUT2D eigenvalue weighted by molar-refractivity contribution is 0.102. The number of carbonyl (C=O) groups is 1. The Hall–Kier alpha value is -2.12. The summed E-state index contributed by atoms with van der Waals surface area (Å²) in [6, 6.07) is 5.14. The van der Waals surface area contributed by atoms with Crippen molar-refractivity contribution in [1.82, 2.24) is 15.0 Å². The third-order valence-corrected chi connectivity index (χ3v) is 2.66. The maximum absolute atomic E-state index is 12.1. The van der Waals surface area contributed by atoms with Crippen molar-refractivity contribution in [2.75, 3.05) is 30.0 Å². The largest absolute Gasteiger partial charge is 0.382 e. The normalized spacial score (nSPS) is 9.67. The number of hydrogen-bond donors (Lipinski definition) is 2. The molecule has 9 heteroatoms. The molecule has 2 aromatic rings. The molecule has 0 fully saturated rings.